The molecule has 0 fully saturated rings. The number of urea groups is 1. The van der Waals surface area contributed by atoms with Crippen molar-refractivity contribution in [2.75, 3.05) is 29.6 Å². The molecule has 0 aromatic heterocycles. The Morgan fingerprint density at radius 1 is 0.800 bits per heavy atom. The third-order valence-corrected chi connectivity index (χ3v) is 5.89. The lowest BCUT2D eigenvalue weighted by atomic mass is 9.93. The maximum atomic E-state index is 13.0. The van der Waals surface area contributed by atoms with Crippen LogP contribution in [0.1, 0.15) is 66.6 Å². The van der Waals surface area contributed by atoms with Crippen LogP contribution in [0, 0.1) is 0 Å². The van der Waals surface area contributed by atoms with E-state index in [9.17, 15) is 9.59 Å². The number of nitrogens with zero attached hydrogens (tertiary/aromatic N) is 1. The summed E-state index contributed by atoms with van der Waals surface area (Å²) in [5, 5.41) is 8.95. The highest BCUT2D eigenvalue weighted by atomic mass is 16.2. The Bertz CT molecular complexity index is 1140. The lowest BCUT2D eigenvalue weighted by Gasteiger charge is -2.21. The van der Waals surface area contributed by atoms with Gasteiger partial charge in [0.25, 0.3) is 5.91 Å². The van der Waals surface area contributed by atoms with Gasteiger partial charge < -0.3 is 20.9 Å². The van der Waals surface area contributed by atoms with Gasteiger partial charge in [0.15, 0.2) is 0 Å². The van der Waals surface area contributed by atoms with Crippen LogP contribution in [-0.2, 0) is 6.54 Å². The molecule has 0 atom stereocenters. The Hall–Kier alpha value is -3.80. The molecule has 0 heterocycles. The molecule has 3 N–H and O–H groups in total. The highest BCUT2D eigenvalue weighted by Gasteiger charge is 2.18. The molecule has 6 nitrogen and oxygen atoms in total. The fourth-order valence-corrected chi connectivity index (χ4v) is 4.03. The van der Waals surface area contributed by atoms with Gasteiger partial charge in [-0.15, -0.1) is 0 Å². The topological polar surface area (TPSA) is 73.5 Å². The van der Waals surface area contributed by atoms with Crippen molar-refractivity contribution in [3.63, 3.8) is 0 Å². The minimum absolute atomic E-state index is 0.200. The number of amides is 3. The molecule has 6 heteroatoms. The summed E-state index contributed by atoms with van der Waals surface area (Å²) in [6.45, 7) is 8.88. The maximum Gasteiger partial charge on any atom is 0.323 e. The van der Waals surface area contributed by atoms with Gasteiger partial charge >= 0.3 is 6.03 Å². The molecular formula is C29H36N4O2. The first-order valence-electron chi connectivity index (χ1n) is 12.0. The Kier molecular flexibility index (Phi) is 8.53. The minimum atomic E-state index is -0.340. The van der Waals surface area contributed by atoms with Crippen molar-refractivity contribution in [3.05, 3.63) is 89.0 Å². The first kappa shape index (κ1) is 25.8. The Morgan fingerprint density at radius 2 is 1.43 bits per heavy atom. The number of rotatable bonds is 8. The monoisotopic (exact) mass is 472 g/mol. The molecule has 0 aliphatic heterocycles. The van der Waals surface area contributed by atoms with Crippen LogP contribution in [0.3, 0.4) is 0 Å². The van der Waals surface area contributed by atoms with E-state index in [0.29, 0.717) is 17.8 Å². The SMILES string of the molecule is CC(C)c1cccc(C(C)C)c1NC(=O)Nc1ccc(N(C)C)c(C(=O)NCc2ccccc2)c1. The summed E-state index contributed by atoms with van der Waals surface area (Å²) in [5.41, 5.74) is 5.87. The third-order valence-electron chi connectivity index (χ3n) is 5.89. The molecule has 0 bridgehead atoms. The van der Waals surface area contributed by atoms with E-state index in [0.717, 1.165) is 28.1 Å². The maximum absolute atomic E-state index is 13.0. The average molecular weight is 473 g/mol. The van der Waals surface area contributed by atoms with Crippen LogP contribution in [0.2, 0.25) is 0 Å². The summed E-state index contributed by atoms with van der Waals surface area (Å²) < 4.78 is 0. The second-order valence-corrected chi connectivity index (χ2v) is 9.49. The predicted molar refractivity (Wildman–Crippen MR) is 146 cm³/mol. The van der Waals surface area contributed by atoms with E-state index in [1.165, 1.54) is 0 Å². The van der Waals surface area contributed by atoms with Crippen LogP contribution < -0.4 is 20.9 Å². The molecule has 184 valence electrons. The highest BCUT2D eigenvalue weighted by molar-refractivity contribution is 6.04. The van der Waals surface area contributed by atoms with Crippen LogP contribution in [0.25, 0.3) is 0 Å². The van der Waals surface area contributed by atoms with Crippen molar-refractivity contribution in [2.24, 2.45) is 0 Å². The summed E-state index contributed by atoms with van der Waals surface area (Å²) in [4.78, 5) is 27.9. The summed E-state index contributed by atoms with van der Waals surface area (Å²) in [5.74, 6) is 0.334. The quantitative estimate of drug-likeness (QED) is 0.347. The molecule has 3 aromatic rings. The smallest absolute Gasteiger partial charge is 0.323 e. The summed E-state index contributed by atoms with van der Waals surface area (Å²) in [7, 11) is 3.78. The summed E-state index contributed by atoms with van der Waals surface area (Å²) in [6.07, 6.45) is 0. The number of para-hydroxylation sites is 1. The molecule has 3 rings (SSSR count). The standard InChI is InChI=1S/C29H36N4O2/c1-19(2)23-13-10-14-24(20(3)4)27(23)32-29(35)31-22-15-16-26(33(5)6)25(17-22)28(34)30-18-21-11-8-7-9-12-21/h7-17,19-20H,18H2,1-6H3,(H,30,34)(H2,31,32,35). The van der Waals surface area contributed by atoms with Crippen molar-refractivity contribution in [3.8, 4) is 0 Å². The molecule has 0 unspecified atom stereocenters. The Morgan fingerprint density at radius 3 is 2.00 bits per heavy atom. The molecule has 35 heavy (non-hydrogen) atoms. The molecule has 0 aliphatic rings. The first-order valence-corrected chi connectivity index (χ1v) is 12.0. The number of nitrogens with one attached hydrogen (secondary N) is 3. The van der Waals surface area contributed by atoms with E-state index >= 15 is 0 Å². The van der Waals surface area contributed by atoms with Gasteiger partial charge in [-0.2, -0.15) is 0 Å². The number of carbonyl (C=O) groups excluding carboxylic acids is 2. The lowest BCUT2D eigenvalue weighted by Crippen LogP contribution is -2.26. The van der Waals surface area contributed by atoms with Gasteiger partial charge in [-0.3, -0.25) is 4.79 Å². The van der Waals surface area contributed by atoms with Crippen molar-refractivity contribution in [2.45, 2.75) is 46.1 Å². The van der Waals surface area contributed by atoms with Crippen LogP contribution in [0.5, 0.6) is 0 Å². The van der Waals surface area contributed by atoms with E-state index in [4.69, 9.17) is 0 Å². The Balaban J connectivity index is 1.81. The lowest BCUT2D eigenvalue weighted by molar-refractivity contribution is 0.0951. The van der Waals surface area contributed by atoms with E-state index in [-0.39, 0.29) is 23.8 Å². The van der Waals surface area contributed by atoms with Crippen LogP contribution in [0.15, 0.2) is 66.7 Å². The van der Waals surface area contributed by atoms with Gasteiger partial charge in [-0.05, 0) is 46.7 Å². The fourth-order valence-electron chi connectivity index (χ4n) is 4.03. The van der Waals surface area contributed by atoms with Gasteiger partial charge in [0.05, 0.1) is 5.56 Å². The second kappa shape index (κ2) is 11.6. The highest BCUT2D eigenvalue weighted by Crippen LogP contribution is 2.32. The van der Waals surface area contributed by atoms with E-state index in [1.807, 2.05) is 73.6 Å². The van der Waals surface area contributed by atoms with Crippen molar-refractivity contribution in [1.29, 1.82) is 0 Å². The number of anilines is 3. The molecule has 0 saturated carbocycles. The average Bonchev–Trinajstić information content (AvgIpc) is 2.82. The first-order chi connectivity index (χ1) is 16.7. The molecular weight excluding hydrogens is 436 g/mol. The van der Waals surface area contributed by atoms with E-state index in [1.54, 1.807) is 12.1 Å². The summed E-state index contributed by atoms with van der Waals surface area (Å²) in [6, 6.07) is 20.9. The van der Waals surface area contributed by atoms with Crippen LogP contribution in [0.4, 0.5) is 21.9 Å². The zero-order valence-electron chi connectivity index (χ0n) is 21.5. The van der Waals surface area contributed by atoms with Gasteiger partial charge in [0.2, 0.25) is 0 Å². The third kappa shape index (κ3) is 6.63. The molecule has 0 aliphatic carbocycles. The van der Waals surface area contributed by atoms with Crippen molar-refractivity contribution >= 4 is 29.0 Å². The molecule has 0 spiro atoms. The van der Waals surface area contributed by atoms with Gasteiger partial charge in [0.1, 0.15) is 0 Å². The van der Waals surface area contributed by atoms with Gasteiger partial charge in [0, 0.05) is 37.7 Å². The largest absolute Gasteiger partial charge is 0.377 e. The number of carbonyl (C=O) groups is 2. The molecule has 3 aromatic carbocycles. The summed E-state index contributed by atoms with van der Waals surface area (Å²) >= 11 is 0. The minimum Gasteiger partial charge on any atom is -0.377 e. The predicted octanol–water partition coefficient (Wildman–Crippen LogP) is 6.57. The van der Waals surface area contributed by atoms with Gasteiger partial charge in [-0.1, -0.05) is 76.2 Å². The van der Waals surface area contributed by atoms with Crippen LogP contribution >= 0.6 is 0 Å². The molecule has 3 amide bonds. The number of hydrogen-bond donors (Lipinski definition) is 3. The Labute approximate surface area is 208 Å². The fraction of sp³-hybridized carbons (Fsp3) is 0.310. The second-order valence-electron chi connectivity index (χ2n) is 9.49. The van der Waals surface area contributed by atoms with E-state index < -0.39 is 0 Å². The molecule has 0 saturated heterocycles. The zero-order valence-corrected chi connectivity index (χ0v) is 21.5. The number of hydrogen-bond acceptors (Lipinski definition) is 3. The van der Waals surface area contributed by atoms with E-state index in [2.05, 4.69) is 43.6 Å². The van der Waals surface area contributed by atoms with Crippen molar-refractivity contribution < 1.29 is 9.59 Å². The zero-order chi connectivity index (χ0) is 25.5. The normalized spacial score (nSPS) is 10.9. The molecule has 0 radical (unpaired) electrons. The number of benzene rings is 3. The van der Waals surface area contributed by atoms with Crippen molar-refractivity contribution in [1.82, 2.24) is 5.32 Å². The van der Waals surface area contributed by atoms with Crippen LogP contribution in [-0.4, -0.2) is 26.0 Å². The van der Waals surface area contributed by atoms with Gasteiger partial charge in [-0.25, -0.2) is 4.79 Å².